The molecule has 1 aliphatic heterocycles. The monoisotopic (exact) mass is 626 g/mol. The van der Waals surface area contributed by atoms with Gasteiger partial charge in [-0.15, -0.1) is 0 Å². The average Bonchev–Trinajstić information content (AvgIpc) is 3.39. The summed E-state index contributed by atoms with van der Waals surface area (Å²) in [5.74, 6) is -0.552. The lowest BCUT2D eigenvalue weighted by molar-refractivity contribution is -0.0795. The van der Waals surface area contributed by atoms with Gasteiger partial charge < -0.3 is 44.7 Å². The standard InChI is InChI=1S/C25H36N6O9P2/c1-2-18(14-40-42(38,39)16-41(35,36)37)20(32)21(33)24(34)31-15-27-19-22(26-13-17-9-5-3-6-10-17)28-25(29-23(19)31)30-11-7-4-8-12-30/h2-3,5-6,9-10,15,20-21,24,32-34H,4,7-8,11-14,16H2,1H3,(H,38,39)(H,26,28,29)(H2,35,36,37)/b18-2-/t20-,21-,24-/m1/s1. The first kappa shape index (κ1) is 32.2. The zero-order chi connectivity index (χ0) is 30.5. The molecule has 1 unspecified atom stereocenters. The van der Waals surface area contributed by atoms with E-state index in [0.717, 1.165) is 37.9 Å². The van der Waals surface area contributed by atoms with Crippen molar-refractivity contribution in [2.45, 2.75) is 51.2 Å². The Kier molecular flexibility index (Phi) is 10.5. The molecule has 0 radical (unpaired) electrons. The number of imidazole rings is 1. The van der Waals surface area contributed by atoms with Gasteiger partial charge in [0.05, 0.1) is 12.9 Å². The van der Waals surface area contributed by atoms with Gasteiger partial charge in [-0.25, -0.2) is 4.98 Å². The first-order chi connectivity index (χ1) is 19.9. The van der Waals surface area contributed by atoms with E-state index in [-0.39, 0.29) is 11.2 Å². The number of fused-ring (bicyclic) bond motifs is 1. The molecule has 3 aromatic rings. The van der Waals surface area contributed by atoms with Crippen molar-refractivity contribution in [1.29, 1.82) is 0 Å². The summed E-state index contributed by atoms with van der Waals surface area (Å²) in [4.78, 5) is 43.5. The number of rotatable bonds is 13. The van der Waals surface area contributed by atoms with Gasteiger partial charge in [0.15, 0.2) is 29.1 Å². The maximum absolute atomic E-state index is 12.0. The average molecular weight is 627 g/mol. The largest absolute Gasteiger partial charge is 0.386 e. The lowest BCUT2D eigenvalue weighted by atomic mass is 10.0. The first-order valence-corrected chi connectivity index (χ1v) is 16.9. The van der Waals surface area contributed by atoms with Gasteiger partial charge in [0, 0.05) is 19.6 Å². The van der Waals surface area contributed by atoms with Gasteiger partial charge in [-0.3, -0.25) is 13.7 Å². The van der Waals surface area contributed by atoms with Crippen LogP contribution in [0.15, 0.2) is 48.3 Å². The molecule has 4 rings (SSSR count). The molecular weight excluding hydrogens is 590 g/mol. The molecule has 1 saturated heterocycles. The van der Waals surface area contributed by atoms with E-state index in [2.05, 4.69) is 15.3 Å². The predicted molar refractivity (Wildman–Crippen MR) is 155 cm³/mol. The molecule has 1 fully saturated rings. The van der Waals surface area contributed by atoms with Gasteiger partial charge in [-0.1, -0.05) is 36.4 Å². The number of aromatic nitrogens is 4. The van der Waals surface area contributed by atoms with Crippen LogP contribution < -0.4 is 10.2 Å². The molecule has 17 heteroatoms. The number of aliphatic hydroxyl groups is 3. The quantitative estimate of drug-likeness (QED) is 0.106. The summed E-state index contributed by atoms with van der Waals surface area (Å²) in [6.07, 6.45) is 0.201. The van der Waals surface area contributed by atoms with E-state index < -0.39 is 46.1 Å². The van der Waals surface area contributed by atoms with E-state index in [9.17, 15) is 29.3 Å². The van der Waals surface area contributed by atoms with Crippen molar-refractivity contribution in [3.8, 4) is 0 Å². The minimum Gasteiger partial charge on any atom is -0.386 e. The van der Waals surface area contributed by atoms with E-state index in [4.69, 9.17) is 19.3 Å². The molecule has 4 atom stereocenters. The number of anilines is 2. The maximum atomic E-state index is 12.0. The predicted octanol–water partition coefficient (Wildman–Crippen LogP) is 1.92. The summed E-state index contributed by atoms with van der Waals surface area (Å²) >= 11 is 0. The van der Waals surface area contributed by atoms with Crippen molar-refractivity contribution in [3.63, 3.8) is 0 Å². The number of aliphatic hydroxyl groups excluding tert-OH is 3. The molecule has 42 heavy (non-hydrogen) atoms. The van der Waals surface area contributed by atoms with Crippen molar-refractivity contribution in [2.75, 3.05) is 35.8 Å². The van der Waals surface area contributed by atoms with Gasteiger partial charge in [0.1, 0.15) is 12.2 Å². The van der Waals surface area contributed by atoms with Gasteiger partial charge >= 0.3 is 15.2 Å². The molecule has 0 saturated carbocycles. The minimum atomic E-state index is -4.85. The molecule has 15 nitrogen and oxygen atoms in total. The molecular formula is C25H36N6O9P2. The molecule has 0 bridgehead atoms. The number of hydrogen-bond acceptors (Lipinski definition) is 11. The Morgan fingerprint density at radius 1 is 1.07 bits per heavy atom. The van der Waals surface area contributed by atoms with Crippen LogP contribution in [0.5, 0.6) is 0 Å². The highest BCUT2D eigenvalue weighted by Gasteiger charge is 2.34. The summed E-state index contributed by atoms with van der Waals surface area (Å²) in [6, 6.07) is 9.68. The van der Waals surface area contributed by atoms with E-state index in [1.807, 2.05) is 35.2 Å². The summed E-state index contributed by atoms with van der Waals surface area (Å²) in [5, 5.41) is 36.1. The van der Waals surface area contributed by atoms with Crippen molar-refractivity contribution in [1.82, 2.24) is 19.5 Å². The number of allylic oxidation sites excluding steroid dienone is 1. The first-order valence-electron chi connectivity index (χ1n) is 13.4. The smallest absolute Gasteiger partial charge is 0.340 e. The number of nitrogens with zero attached hydrogens (tertiary/aromatic N) is 5. The molecule has 0 aliphatic carbocycles. The van der Waals surface area contributed by atoms with E-state index in [1.165, 1.54) is 23.9 Å². The molecule has 0 spiro atoms. The van der Waals surface area contributed by atoms with Crippen LogP contribution in [-0.2, 0) is 20.2 Å². The molecule has 230 valence electrons. The Morgan fingerprint density at radius 2 is 1.76 bits per heavy atom. The van der Waals surface area contributed by atoms with Crippen LogP contribution in [0.3, 0.4) is 0 Å². The fourth-order valence-corrected chi connectivity index (χ4v) is 7.11. The summed E-state index contributed by atoms with van der Waals surface area (Å²) in [7, 11) is -9.56. The zero-order valence-electron chi connectivity index (χ0n) is 23.0. The van der Waals surface area contributed by atoms with Gasteiger partial charge in [0.25, 0.3) is 0 Å². The van der Waals surface area contributed by atoms with Crippen LogP contribution in [-0.4, -0.2) is 87.3 Å². The number of benzene rings is 1. The number of piperidine rings is 1. The van der Waals surface area contributed by atoms with E-state index >= 15 is 0 Å². The maximum Gasteiger partial charge on any atom is 0.340 e. The van der Waals surface area contributed by atoms with Crippen LogP contribution in [0, 0.1) is 0 Å². The van der Waals surface area contributed by atoms with Gasteiger partial charge in [0.2, 0.25) is 5.95 Å². The molecule has 1 aromatic carbocycles. The third-order valence-corrected chi connectivity index (χ3v) is 10.2. The number of hydrogen-bond donors (Lipinski definition) is 7. The van der Waals surface area contributed by atoms with Crippen LogP contribution in [0.4, 0.5) is 11.8 Å². The van der Waals surface area contributed by atoms with Crippen LogP contribution in [0.1, 0.15) is 38.0 Å². The summed E-state index contributed by atoms with van der Waals surface area (Å²) in [6.45, 7) is 2.69. The normalized spacial score (nSPS) is 18.5. The Bertz CT molecular complexity index is 1480. The van der Waals surface area contributed by atoms with Crippen molar-refractivity contribution in [2.24, 2.45) is 0 Å². The van der Waals surface area contributed by atoms with Crippen LogP contribution >= 0.6 is 15.2 Å². The topological polar surface area (TPSA) is 224 Å². The van der Waals surface area contributed by atoms with Gasteiger partial charge in [-0.05, 0) is 37.3 Å². The second-order valence-corrected chi connectivity index (χ2v) is 14.0. The van der Waals surface area contributed by atoms with Crippen molar-refractivity contribution >= 4 is 38.1 Å². The highest BCUT2D eigenvalue weighted by atomic mass is 31.2. The van der Waals surface area contributed by atoms with E-state index in [1.54, 1.807) is 0 Å². The molecule has 1 aliphatic rings. The van der Waals surface area contributed by atoms with Crippen molar-refractivity contribution in [3.05, 3.63) is 53.9 Å². The third-order valence-electron chi connectivity index (χ3n) is 6.81. The SMILES string of the molecule is C/C=C(/COP(=O)(O)CP(=O)(O)O)[C@@H](O)[C@@H](O)[C@@H](O)n1cnc2c(NCc3ccccc3)nc(N3CCCCC3)nc21. The molecule has 7 N–H and O–H groups in total. The molecule has 0 amide bonds. The lowest BCUT2D eigenvalue weighted by Crippen LogP contribution is -2.37. The van der Waals surface area contributed by atoms with Gasteiger partial charge in [-0.2, -0.15) is 9.97 Å². The van der Waals surface area contributed by atoms with Crippen LogP contribution in [0.2, 0.25) is 0 Å². The third kappa shape index (κ3) is 8.22. The second-order valence-electron chi connectivity index (χ2n) is 10.0. The second kappa shape index (κ2) is 13.7. The Labute approximate surface area is 242 Å². The van der Waals surface area contributed by atoms with Crippen LogP contribution in [0.25, 0.3) is 11.2 Å². The Hall–Kier alpha value is -2.71. The Balaban J connectivity index is 1.59. The van der Waals surface area contributed by atoms with Crippen molar-refractivity contribution < 1.29 is 43.7 Å². The summed E-state index contributed by atoms with van der Waals surface area (Å²) < 4.78 is 29.1. The Morgan fingerprint density at radius 3 is 2.40 bits per heavy atom. The minimum absolute atomic E-state index is 0.0974. The lowest BCUT2D eigenvalue weighted by Gasteiger charge is -2.28. The zero-order valence-corrected chi connectivity index (χ0v) is 24.8. The summed E-state index contributed by atoms with van der Waals surface area (Å²) in [5.41, 5.74) is 1.45. The van der Waals surface area contributed by atoms with E-state index in [0.29, 0.717) is 23.8 Å². The fourth-order valence-electron chi connectivity index (χ4n) is 4.57. The fraction of sp³-hybridized carbons (Fsp3) is 0.480. The molecule has 3 heterocycles. The number of nitrogens with one attached hydrogen (secondary N) is 1. The highest BCUT2D eigenvalue weighted by molar-refractivity contribution is 7.70. The highest BCUT2D eigenvalue weighted by Crippen LogP contribution is 2.55. The molecule has 2 aromatic heterocycles.